The molecule has 8 nitrogen and oxygen atoms in total. The Morgan fingerprint density at radius 2 is 1.70 bits per heavy atom. The summed E-state index contributed by atoms with van der Waals surface area (Å²) in [7, 11) is 7.49. The van der Waals surface area contributed by atoms with E-state index in [1.165, 1.54) is 0 Å². The molecular weight excluding hydrogens is 534 g/mol. The maximum absolute atomic E-state index is 12.9. The van der Waals surface area contributed by atoms with Gasteiger partial charge in [0.15, 0.2) is 0 Å². The summed E-state index contributed by atoms with van der Waals surface area (Å²) < 4.78 is 0. The van der Waals surface area contributed by atoms with E-state index in [-0.39, 0.29) is 23.8 Å². The van der Waals surface area contributed by atoms with Crippen molar-refractivity contribution in [2.75, 3.05) is 34.7 Å². The lowest BCUT2D eigenvalue weighted by Gasteiger charge is -2.38. The highest BCUT2D eigenvalue weighted by atomic mass is 16.2. The molecule has 1 saturated heterocycles. The van der Waals surface area contributed by atoms with Crippen LogP contribution in [0.25, 0.3) is 5.70 Å². The number of aryl methyl sites for hydroxylation is 2. The molecule has 4 N–H and O–H groups in total. The molecule has 3 aliphatic rings. The quantitative estimate of drug-likeness (QED) is 0.289. The first-order valence-electron chi connectivity index (χ1n) is 15.2. The van der Waals surface area contributed by atoms with Crippen molar-refractivity contribution in [3.8, 4) is 6.07 Å². The lowest BCUT2D eigenvalue weighted by Crippen LogP contribution is -2.48. The second kappa shape index (κ2) is 11.5. The van der Waals surface area contributed by atoms with E-state index in [0.717, 1.165) is 64.9 Å². The van der Waals surface area contributed by atoms with E-state index >= 15 is 0 Å². The van der Waals surface area contributed by atoms with Crippen LogP contribution in [0.3, 0.4) is 0 Å². The number of carbonyl (C=O) groups excluding carboxylic acids is 1. The molecule has 5 rings (SSSR count). The summed E-state index contributed by atoms with van der Waals surface area (Å²) in [6.07, 6.45) is 4.12. The first-order valence-corrected chi connectivity index (χ1v) is 15.2. The van der Waals surface area contributed by atoms with Gasteiger partial charge in [0.05, 0.1) is 11.5 Å². The fourth-order valence-electron chi connectivity index (χ4n) is 7.24. The smallest absolute Gasteiger partial charge is 0.253 e. The number of fused-ring (bicyclic) bond motifs is 3. The fourth-order valence-corrected chi connectivity index (χ4v) is 7.24. The monoisotopic (exact) mass is 579 g/mol. The normalized spacial score (nSPS) is 24.0. The Labute approximate surface area is 256 Å². The van der Waals surface area contributed by atoms with Gasteiger partial charge in [-0.3, -0.25) is 10.2 Å². The van der Waals surface area contributed by atoms with Gasteiger partial charge < -0.3 is 25.8 Å². The zero-order chi connectivity index (χ0) is 31.2. The number of nitrogens with one attached hydrogen (secondary N) is 2. The Bertz CT molecular complexity index is 1450. The molecule has 1 saturated carbocycles. The summed E-state index contributed by atoms with van der Waals surface area (Å²) in [4.78, 5) is 18.7. The molecule has 2 aromatic rings. The zero-order valence-electron chi connectivity index (χ0n) is 26.2. The maximum atomic E-state index is 12.9. The Balaban J connectivity index is 1.52. The average Bonchev–Trinajstić information content (AvgIpc) is 3.67. The average molecular weight is 580 g/mol. The van der Waals surface area contributed by atoms with Gasteiger partial charge in [-0.1, -0.05) is 31.4 Å². The first-order chi connectivity index (χ1) is 20.4. The van der Waals surface area contributed by atoms with Crippen LogP contribution in [0.15, 0.2) is 55.3 Å². The van der Waals surface area contributed by atoms with E-state index in [9.17, 15) is 10.1 Å². The highest BCUT2D eigenvalue weighted by Crippen LogP contribution is 2.49. The van der Waals surface area contributed by atoms with E-state index in [1.54, 1.807) is 19.0 Å². The fraction of sp³-hybridized carbons (Fsp3) is 0.457. The summed E-state index contributed by atoms with van der Waals surface area (Å²) in [6.45, 7) is 11.3. The number of carbonyl (C=O) groups is 1. The van der Waals surface area contributed by atoms with Crippen LogP contribution in [0.1, 0.15) is 64.4 Å². The second-order valence-electron chi connectivity index (χ2n) is 13.0. The molecule has 0 aromatic heterocycles. The van der Waals surface area contributed by atoms with Crippen LogP contribution in [0.2, 0.25) is 0 Å². The van der Waals surface area contributed by atoms with Gasteiger partial charge in [-0.25, -0.2) is 0 Å². The number of nitriles is 1. The first kappa shape index (κ1) is 30.4. The molecule has 0 bridgehead atoms. The summed E-state index contributed by atoms with van der Waals surface area (Å²) in [5, 5.41) is 22.5. The van der Waals surface area contributed by atoms with Gasteiger partial charge in [0, 0.05) is 63.8 Å². The number of nitrogens with zero attached hydrogens (tertiary/aromatic N) is 4. The Morgan fingerprint density at radius 1 is 1.09 bits per heavy atom. The standard InChI is InChI=1S/C35H45N7O/c1-21(39-20-22(2)42-29(19-36)16-28-17-32(28)42)18-35(34(37)38)30-12-10-24(23(3)40(4)5)14-25(30)8-9-26-15-27(11-13-31(26)35)33(43)41(6)7/h10-15,21,28-29,32,39H,2-3,8-9,16-18,20H2,1,4-7H3,(H3,37,38)/t21-,28-,29?,32+,35?/m1/s1. The van der Waals surface area contributed by atoms with E-state index < -0.39 is 5.41 Å². The van der Waals surface area contributed by atoms with Crippen molar-refractivity contribution >= 4 is 17.4 Å². The van der Waals surface area contributed by atoms with Crippen LogP contribution in [0.4, 0.5) is 0 Å². The molecule has 2 aliphatic carbocycles. The third-order valence-electron chi connectivity index (χ3n) is 9.67. The number of hydrogen-bond donors (Lipinski definition) is 3. The SMILES string of the molecule is C=C(c1ccc2c(c1)CCc1cc(C(=O)N(C)C)ccc1C2(C[C@@H](C)NCC(=C)N1C(C#N)C[C@@H]2C[C@@H]21)C(=N)N)N(C)C. The molecule has 1 heterocycles. The van der Waals surface area contributed by atoms with Crippen molar-refractivity contribution in [2.45, 2.75) is 62.6 Å². The van der Waals surface area contributed by atoms with Gasteiger partial charge in [-0.15, -0.1) is 0 Å². The van der Waals surface area contributed by atoms with Crippen LogP contribution in [-0.2, 0) is 18.3 Å². The van der Waals surface area contributed by atoms with E-state index in [0.29, 0.717) is 30.5 Å². The zero-order valence-corrected chi connectivity index (χ0v) is 26.2. The Hall–Kier alpha value is -4.09. The number of benzene rings is 2. The topological polar surface area (TPSA) is 112 Å². The summed E-state index contributed by atoms with van der Waals surface area (Å²) in [5.74, 6) is 0.656. The lowest BCUT2D eigenvalue weighted by atomic mass is 9.67. The van der Waals surface area contributed by atoms with Crippen molar-refractivity contribution in [3.05, 3.63) is 88.6 Å². The molecule has 0 spiro atoms. The lowest BCUT2D eigenvalue weighted by molar-refractivity contribution is 0.0827. The molecule has 8 heteroatoms. The van der Waals surface area contributed by atoms with Gasteiger partial charge >= 0.3 is 0 Å². The van der Waals surface area contributed by atoms with E-state index in [1.807, 2.05) is 37.2 Å². The van der Waals surface area contributed by atoms with Crippen LogP contribution in [0.5, 0.6) is 0 Å². The van der Waals surface area contributed by atoms with Crippen LogP contribution in [0, 0.1) is 22.7 Å². The number of likely N-dealkylation sites (tertiary alicyclic amines) is 1. The van der Waals surface area contributed by atoms with Crippen molar-refractivity contribution in [1.29, 1.82) is 10.7 Å². The maximum Gasteiger partial charge on any atom is 0.253 e. The number of amidine groups is 1. The molecule has 2 fully saturated rings. The Kier molecular flexibility index (Phi) is 8.15. The molecule has 2 unspecified atom stereocenters. The molecule has 5 atom stereocenters. The van der Waals surface area contributed by atoms with Crippen molar-refractivity contribution < 1.29 is 4.79 Å². The van der Waals surface area contributed by atoms with Gasteiger partial charge in [0.2, 0.25) is 0 Å². The van der Waals surface area contributed by atoms with Crippen LogP contribution < -0.4 is 11.1 Å². The van der Waals surface area contributed by atoms with Gasteiger partial charge in [0.25, 0.3) is 5.91 Å². The number of rotatable bonds is 10. The Morgan fingerprint density at radius 3 is 2.26 bits per heavy atom. The van der Waals surface area contributed by atoms with E-state index in [2.05, 4.69) is 54.6 Å². The largest absolute Gasteiger partial charge is 0.387 e. The van der Waals surface area contributed by atoms with Crippen LogP contribution in [-0.4, -0.2) is 79.3 Å². The minimum Gasteiger partial charge on any atom is -0.387 e. The molecule has 226 valence electrons. The van der Waals surface area contributed by atoms with Crippen molar-refractivity contribution in [1.82, 2.24) is 20.0 Å². The number of hydrogen-bond acceptors (Lipinski definition) is 6. The molecule has 1 amide bonds. The number of amides is 1. The van der Waals surface area contributed by atoms with Gasteiger partial charge in [0.1, 0.15) is 11.9 Å². The predicted octanol–water partition coefficient (Wildman–Crippen LogP) is 4.11. The van der Waals surface area contributed by atoms with Crippen LogP contribution >= 0.6 is 0 Å². The minimum absolute atomic E-state index is 0.0305. The molecular formula is C35H45N7O. The van der Waals surface area contributed by atoms with Gasteiger partial charge in [-0.05, 0) is 91.0 Å². The number of piperidine rings is 1. The molecule has 2 aromatic carbocycles. The molecule has 0 radical (unpaired) electrons. The third kappa shape index (κ3) is 5.43. The molecule has 1 aliphatic heterocycles. The molecule has 43 heavy (non-hydrogen) atoms. The summed E-state index contributed by atoms with van der Waals surface area (Å²) in [6, 6.07) is 15.0. The highest BCUT2D eigenvalue weighted by molar-refractivity contribution is 5.97. The number of nitrogens with two attached hydrogens (primary N) is 1. The summed E-state index contributed by atoms with van der Waals surface area (Å²) in [5.41, 5.74) is 13.5. The second-order valence-corrected chi connectivity index (χ2v) is 13.0. The van der Waals surface area contributed by atoms with Crippen molar-refractivity contribution in [3.63, 3.8) is 0 Å². The summed E-state index contributed by atoms with van der Waals surface area (Å²) >= 11 is 0. The highest BCUT2D eigenvalue weighted by Gasteiger charge is 2.52. The third-order valence-corrected chi connectivity index (χ3v) is 9.67. The van der Waals surface area contributed by atoms with Gasteiger partial charge in [-0.2, -0.15) is 5.26 Å². The van der Waals surface area contributed by atoms with Crippen molar-refractivity contribution in [2.24, 2.45) is 11.7 Å². The van der Waals surface area contributed by atoms with E-state index in [4.69, 9.17) is 11.1 Å². The minimum atomic E-state index is -0.892. The predicted molar refractivity (Wildman–Crippen MR) is 173 cm³/mol.